The summed E-state index contributed by atoms with van der Waals surface area (Å²) in [6.45, 7) is 7.11. The zero-order valence-corrected chi connectivity index (χ0v) is 18.6. The van der Waals surface area contributed by atoms with E-state index in [-0.39, 0.29) is 11.8 Å². The van der Waals surface area contributed by atoms with E-state index >= 15 is 0 Å². The molecule has 1 aliphatic rings. The smallest absolute Gasteiger partial charge is 0.226 e. The first-order valence-corrected chi connectivity index (χ1v) is 11.7. The van der Waals surface area contributed by atoms with E-state index in [1.54, 1.807) is 0 Å². The molecule has 1 fully saturated rings. The highest BCUT2D eigenvalue weighted by atomic mass is 32.1. The maximum atomic E-state index is 12.0. The molecule has 156 valence electrons. The SMILES string of the molecule is CC(C)C(=O)Nc1cccc(C2CCN(Cc3ccc(-c4ccccc4)s3)CC2)c1. The number of piperidine rings is 1. The molecular formula is C26H30N2OS. The molecule has 4 heteroatoms. The molecule has 3 aromatic rings. The van der Waals surface area contributed by atoms with E-state index in [9.17, 15) is 4.79 Å². The van der Waals surface area contributed by atoms with E-state index in [0.717, 1.165) is 25.3 Å². The Balaban J connectivity index is 1.32. The second-order valence-electron chi connectivity index (χ2n) is 8.45. The van der Waals surface area contributed by atoms with Gasteiger partial charge in [-0.1, -0.05) is 56.3 Å². The molecule has 1 N–H and O–H groups in total. The molecule has 1 aromatic heterocycles. The molecule has 0 unspecified atom stereocenters. The summed E-state index contributed by atoms with van der Waals surface area (Å²) < 4.78 is 0. The van der Waals surface area contributed by atoms with Gasteiger partial charge in [-0.25, -0.2) is 0 Å². The normalized spacial score (nSPS) is 15.4. The summed E-state index contributed by atoms with van der Waals surface area (Å²) in [6, 6.07) is 23.6. The standard InChI is InChI=1S/C26H30N2OS/c1-19(2)26(29)27-23-10-6-9-22(17-23)20-13-15-28(16-14-20)18-24-11-12-25(30-24)21-7-4-3-5-8-21/h3-12,17,19-20H,13-16,18H2,1-2H3,(H,27,29). The molecule has 0 aliphatic carbocycles. The second-order valence-corrected chi connectivity index (χ2v) is 9.62. The number of anilines is 1. The number of amides is 1. The Labute approximate surface area is 183 Å². The van der Waals surface area contributed by atoms with E-state index < -0.39 is 0 Å². The lowest BCUT2D eigenvalue weighted by Gasteiger charge is -2.32. The molecule has 0 atom stereocenters. The summed E-state index contributed by atoms with van der Waals surface area (Å²) in [5, 5.41) is 3.03. The fourth-order valence-corrected chi connectivity index (χ4v) is 5.08. The van der Waals surface area contributed by atoms with Crippen LogP contribution in [0.4, 0.5) is 5.69 Å². The third-order valence-corrected chi connectivity index (χ3v) is 6.96. The Bertz CT molecular complexity index is 971. The van der Waals surface area contributed by atoms with Crippen LogP contribution < -0.4 is 5.32 Å². The van der Waals surface area contributed by atoms with Crippen molar-refractivity contribution in [2.45, 2.75) is 39.2 Å². The minimum Gasteiger partial charge on any atom is -0.326 e. The van der Waals surface area contributed by atoms with Gasteiger partial charge in [-0.15, -0.1) is 11.3 Å². The third kappa shape index (κ3) is 5.18. The van der Waals surface area contributed by atoms with Crippen molar-refractivity contribution < 1.29 is 4.79 Å². The number of benzene rings is 2. The van der Waals surface area contributed by atoms with Gasteiger partial charge in [-0.2, -0.15) is 0 Å². The van der Waals surface area contributed by atoms with Crippen LogP contribution >= 0.6 is 11.3 Å². The monoisotopic (exact) mass is 418 g/mol. The van der Waals surface area contributed by atoms with Gasteiger partial charge < -0.3 is 5.32 Å². The lowest BCUT2D eigenvalue weighted by molar-refractivity contribution is -0.118. The number of likely N-dealkylation sites (tertiary alicyclic amines) is 1. The summed E-state index contributed by atoms with van der Waals surface area (Å²) in [7, 11) is 0. The predicted molar refractivity (Wildman–Crippen MR) is 127 cm³/mol. The highest BCUT2D eigenvalue weighted by Crippen LogP contribution is 2.32. The van der Waals surface area contributed by atoms with E-state index in [1.165, 1.54) is 33.7 Å². The molecule has 3 nitrogen and oxygen atoms in total. The number of carbonyl (C=O) groups is 1. The van der Waals surface area contributed by atoms with Crippen molar-refractivity contribution >= 4 is 22.9 Å². The Morgan fingerprint density at radius 2 is 1.80 bits per heavy atom. The molecule has 1 amide bonds. The number of hydrogen-bond donors (Lipinski definition) is 1. The van der Waals surface area contributed by atoms with Crippen LogP contribution in [0.5, 0.6) is 0 Å². The van der Waals surface area contributed by atoms with Gasteiger partial charge in [0.1, 0.15) is 0 Å². The summed E-state index contributed by atoms with van der Waals surface area (Å²) in [5.74, 6) is 0.643. The molecule has 30 heavy (non-hydrogen) atoms. The summed E-state index contributed by atoms with van der Waals surface area (Å²) >= 11 is 1.90. The van der Waals surface area contributed by atoms with Gasteiger partial charge in [-0.3, -0.25) is 9.69 Å². The average Bonchev–Trinajstić information content (AvgIpc) is 3.23. The van der Waals surface area contributed by atoms with Gasteiger partial charge in [-0.05, 0) is 67.2 Å². The fraction of sp³-hybridized carbons (Fsp3) is 0.346. The Hall–Kier alpha value is -2.43. The van der Waals surface area contributed by atoms with Crippen LogP contribution in [0.15, 0.2) is 66.7 Å². The molecule has 0 saturated carbocycles. The van der Waals surface area contributed by atoms with E-state index in [2.05, 4.69) is 70.9 Å². The highest BCUT2D eigenvalue weighted by Gasteiger charge is 2.21. The van der Waals surface area contributed by atoms with Gasteiger partial charge in [0.15, 0.2) is 0 Å². The number of nitrogens with zero attached hydrogens (tertiary/aromatic N) is 1. The quantitative estimate of drug-likeness (QED) is 0.503. The van der Waals surface area contributed by atoms with Gasteiger partial charge in [0.05, 0.1) is 0 Å². The highest BCUT2D eigenvalue weighted by molar-refractivity contribution is 7.15. The van der Waals surface area contributed by atoms with Crippen LogP contribution in [0.2, 0.25) is 0 Å². The topological polar surface area (TPSA) is 32.3 Å². The van der Waals surface area contributed by atoms with Crippen LogP contribution in [0.25, 0.3) is 10.4 Å². The second kappa shape index (κ2) is 9.59. The van der Waals surface area contributed by atoms with Crippen LogP contribution in [0, 0.1) is 5.92 Å². The fourth-order valence-electron chi connectivity index (χ4n) is 4.02. The first-order chi connectivity index (χ1) is 14.6. The van der Waals surface area contributed by atoms with Crippen molar-refractivity contribution in [3.8, 4) is 10.4 Å². The van der Waals surface area contributed by atoms with Crippen molar-refractivity contribution in [2.24, 2.45) is 5.92 Å². The summed E-state index contributed by atoms with van der Waals surface area (Å²) in [6.07, 6.45) is 2.33. The molecule has 2 aromatic carbocycles. The number of nitrogens with one attached hydrogen (secondary N) is 1. The molecule has 0 radical (unpaired) electrons. The molecule has 1 aliphatic heterocycles. The predicted octanol–water partition coefficient (Wildman–Crippen LogP) is 6.39. The van der Waals surface area contributed by atoms with Crippen LogP contribution in [-0.2, 0) is 11.3 Å². The van der Waals surface area contributed by atoms with Crippen molar-refractivity contribution in [3.63, 3.8) is 0 Å². The van der Waals surface area contributed by atoms with Crippen molar-refractivity contribution in [3.05, 3.63) is 77.2 Å². The zero-order valence-electron chi connectivity index (χ0n) is 17.8. The largest absolute Gasteiger partial charge is 0.326 e. The minimum atomic E-state index is -0.00319. The van der Waals surface area contributed by atoms with Crippen LogP contribution in [0.3, 0.4) is 0 Å². The van der Waals surface area contributed by atoms with E-state index in [0.29, 0.717) is 5.92 Å². The lowest BCUT2D eigenvalue weighted by Crippen LogP contribution is -2.32. The maximum Gasteiger partial charge on any atom is 0.226 e. The zero-order chi connectivity index (χ0) is 20.9. The molecule has 1 saturated heterocycles. The van der Waals surface area contributed by atoms with E-state index in [4.69, 9.17) is 0 Å². The summed E-state index contributed by atoms with van der Waals surface area (Å²) in [4.78, 5) is 17.3. The van der Waals surface area contributed by atoms with Gasteiger partial charge in [0, 0.05) is 27.9 Å². The molecule has 2 heterocycles. The van der Waals surface area contributed by atoms with Crippen molar-refractivity contribution in [2.75, 3.05) is 18.4 Å². The number of thiophene rings is 1. The lowest BCUT2D eigenvalue weighted by atomic mass is 9.89. The average molecular weight is 419 g/mol. The number of rotatable bonds is 6. The van der Waals surface area contributed by atoms with Crippen LogP contribution in [0.1, 0.15) is 43.0 Å². The first kappa shape index (κ1) is 20.8. The Morgan fingerprint density at radius 3 is 2.53 bits per heavy atom. The van der Waals surface area contributed by atoms with Gasteiger partial charge in [0.25, 0.3) is 0 Å². The van der Waals surface area contributed by atoms with Crippen LogP contribution in [-0.4, -0.2) is 23.9 Å². The minimum absolute atomic E-state index is 0.00319. The maximum absolute atomic E-state index is 12.0. The molecule has 4 rings (SSSR count). The molecular weight excluding hydrogens is 388 g/mol. The Kier molecular flexibility index (Phi) is 6.66. The van der Waals surface area contributed by atoms with Gasteiger partial charge >= 0.3 is 0 Å². The Morgan fingerprint density at radius 1 is 1.03 bits per heavy atom. The van der Waals surface area contributed by atoms with E-state index in [1.807, 2.05) is 31.3 Å². The molecule has 0 bridgehead atoms. The van der Waals surface area contributed by atoms with Crippen molar-refractivity contribution in [1.82, 2.24) is 4.90 Å². The third-order valence-electron chi connectivity index (χ3n) is 5.84. The first-order valence-electron chi connectivity index (χ1n) is 10.9. The molecule has 0 spiro atoms. The number of hydrogen-bond acceptors (Lipinski definition) is 3. The number of carbonyl (C=O) groups excluding carboxylic acids is 1. The van der Waals surface area contributed by atoms with Gasteiger partial charge in [0.2, 0.25) is 5.91 Å². The van der Waals surface area contributed by atoms with Crippen molar-refractivity contribution in [1.29, 1.82) is 0 Å². The summed E-state index contributed by atoms with van der Waals surface area (Å²) in [5.41, 5.74) is 3.57.